The minimum absolute atomic E-state index is 0.0373. The minimum atomic E-state index is -0.351. The maximum Gasteiger partial charge on any atom is 0.407 e. The van der Waals surface area contributed by atoms with Gasteiger partial charge in [-0.15, -0.1) is 0 Å². The Labute approximate surface area is 172 Å². The van der Waals surface area contributed by atoms with Crippen molar-refractivity contribution in [2.75, 3.05) is 13.1 Å². The van der Waals surface area contributed by atoms with Crippen LogP contribution in [0.1, 0.15) is 59.3 Å². The van der Waals surface area contributed by atoms with Gasteiger partial charge in [0.25, 0.3) is 0 Å². The first-order valence-corrected chi connectivity index (χ1v) is 10.6. The fourth-order valence-corrected chi connectivity index (χ4v) is 5.15. The van der Waals surface area contributed by atoms with Crippen molar-refractivity contribution in [3.63, 3.8) is 0 Å². The van der Waals surface area contributed by atoms with E-state index in [0.29, 0.717) is 18.4 Å². The summed E-state index contributed by atoms with van der Waals surface area (Å²) in [5.74, 6) is 0.899. The average molecular weight is 411 g/mol. The Morgan fingerprint density at radius 3 is 2.46 bits per heavy atom. The molecule has 1 saturated heterocycles. The van der Waals surface area contributed by atoms with Gasteiger partial charge in [0.15, 0.2) is 0 Å². The lowest BCUT2D eigenvalue weighted by Gasteiger charge is -2.26. The van der Waals surface area contributed by atoms with E-state index in [9.17, 15) is 9.59 Å². The molecular formula is C20H31ClN4O3. The monoisotopic (exact) mass is 410 g/mol. The number of rotatable bonds is 4. The maximum atomic E-state index is 12.5. The molecule has 7 nitrogen and oxygen atoms in total. The molecule has 5 atom stereocenters. The maximum absolute atomic E-state index is 12.5. The van der Waals surface area contributed by atoms with Crippen molar-refractivity contribution in [3.8, 4) is 6.07 Å². The highest BCUT2D eigenvalue weighted by atomic mass is 35.5. The fraction of sp³-hybridized carbons (Fsp3) is 0.850. The summed E-state index contributed by atoms with van der Waals surface area (Å²) in [6.45, 7) is 6.59. The van der Waals surface area contributed by atoms with E-state index in [1.54, 1.807) is 9.32 Å². The molecule has 28 heavy (non-hydrogen) atoms. The van der Waals surface area contributed by atoms with Gasteiger partial charge < -0.3 is 15.0 Å². The van der Waals surface area contributed by atoms with Crippen molar-refractivity contribution in [1.29, 1.82) is 5.26 Å². The van der Waals surface area contributed by atoms with E-state index >= 15 is 0 Å². The standard InChI is InChI=1S/C20H31ClN4O3/c1-20(2,3)23-19(27)28-17-9-13-7-16(8-14(13)10-17)25(21)12-18(26)24-6-4-5-15(24)11-22/h13-17H,4-10,12H2,1-3H3,(H,23,27)/t13-,14+,15-,16-,17+/m0/s1. The molecule has 0 bridgehead atoms. The van der Waals surface area contributed by atoms with Crippen molar-refractivity contribution in [2.24, 2.45) is 11.8 Å². The summed E-state index contributed by atoms with van der Waals surface area (Å²) in [4.78, 5) is 26.1. The molecule has 0 radical (unpaired) electrons. The normalized spacial score (nSPS) is 32.3. The lowest BCUT2D eigenvalue weighted by molar-refractivity contribution is -0.131. The van der Waals surface area contributed by atoms with Gasteiger partial charge in [0, 0.05) is 18.1 Å². The van der Waals surface area contributed by atoms with Gasteiger partial charge in [-0.3, -0.25) is 4.79 Å². The van der Waals surface area contributed by atoms with Crippen molar-refractivity contribution >= 4 is 23.8 Å². The van der Waals surface area contributed by atoms with Gasteiger partial charge in [0.2, 0.25) is 5.91 Å². The van der Waals surface area contributed by atoms with Crippen LogP contribution in [0.15, 0.2) is 0 Å². The van der Waals surface area contributed by atoms with Crippen LogP contribution in [-0.2, 0) is 9.53 Å². The second-order valence-corrected chi connectivity index (χ2v) is 9.89. The van der Waals surface area contributed by atoms with Gasteiger partial charge in [-0.05, 0) is 82.9 Å². The zero-order valence-electron chi connectivity index (χ0n) is 17.0. The number of carbonyl (C=O) groups excluding carboxylic acids is 2. The summed E-state index contributed by atoms with van der Waals surface area (Å²) < 4.78 is 7.22. The van der Waals surface area contributed by atoms with E-state index in [2.05, 4.69) is 11.4 Å². The Morgan fingerprint density at radius 1 is 1.25 bits per heavy atom. The summed E-state index contributed by atoms with van der Waals surface area (Å²) in [6, 6.07) is 2.05. The van der Waals surface area contributed by atoms with Crippen LogP contribution in [0.4, 0.5) is 4.79 Å². The highest BCUT2D eigenvalue weighted by Crippen LogP contribution is 2.47. The van der Waals surface area contributed by atoms with E-state index in [4.69, 9.17) is 21.8 Å². The molecule has 1 heterocycles. The Kier molecular flexibility index (Phi) is 6.41. The number of nitrogens with zero attached hydrogens (tertiary/aromatic N) is 3. The lowest BCUT2D eigenvalue weighted by Crippen LogP contribution is -2.42. The van der Waals surface area contributed by atoms with Crippen LogP contribution in [0.2, 0.25) is 0 Å². The third-order valence-electron chi connectivity index (χ3n) is 6.10. The zero-order chi connectivity index (χ0) is 20.5. The van der Waals surface area contributed by atoms with Crippen LogP contribution in [0.5, 0.6) is 0 Å². The number of likely N-dealkylation sites (tertiary alicyclic amines) is 1. The number of nitriles is 1. The van der Waals surface area contributed by atoms with Crippen LogP contribution >= 0.6 is 11.8 Å². The molecule has 1 aliphatic heterocycles. The van der Waals surface area contributed by atoms with Crippen LogP contribution in [-0.4, -0.2) is 58.1 Å². The first-order chi connectivity index (χ1) is 13.2. The number of ether oxygens (including phenoxy) is 1. The number of amides is 2. The van der Waals surface area contributed by atoms with E-state index in [1.807, 2.05) is 20.8 Å². The molecular weight excluding hydrogens is 380 g/mol. The number of halogens is 1. The van der Waals surface area contributed by atoms with E-state index in [0.717, 1.165) is 38.5 Å². The number of nitrogens with one attached hydrogen (secondary N) is 1. The summed E-state index contributed by atoms with van der Waals surface area (Å²) >= 11 is 6.46. The highest BCUT2D eigenvalue weighted by molar-refractivity contribution is 6.14. The number of carbonyl (C=O) groups is 2. The number of alkyl carbamates (subject to hydrolysis) is 1. The number of hydrogen-bond donors (Lipinski definition) is 1. The molecule has 2 saturated carbocycles. The van der Waals surface area contributed by atoms with Crippen molar-refractivity contribution in [1.82, 2.24) is 14.6 Å². The lowest BCUT2D eigenvalue weighted by atomic mass is 10.0. The molecule has 2 aliphatic carbocycles. The third kappa shape index (κ3) is 5.09. The Balaban J connectivity index is 1.44. The fourth-order valence-electron chi connectivity index (χ4n) is 4.89. The van der Waals surface area contributed by atoms with Crippen LogP contribution < -0.4 is 5.32 Å². The molecule has 3 rings (SSSR count). The summed E-state index contributed by atoms with van der Waals surface area (Å²) in [7, 11) is 0. The van der Waals surface area contributed by atoms with Gasteiger partial charge in [-0.1, -0.05) is 0 Å². The Morgan fingerprint density at radius 2 is 1.89 bits per heavy atom. The quantitative estimate of drug-likeness (QED) is 0.720. The molecule has 0 aromatic rings. The van der Waals surface area contributed by atoms with Crippen LogP contribution in [0.3, 0.4) is 0 Å². The first-order valence-electron chi connectivity index (χ1n) is 10.3. The molecule has 3 aliphatic rings. The molecule has 8 heteroatoms. The highest BCUT2D eigenvalue weighted by Gasteiger charge is 2.45. The first kappa shape index (κ1) is 21.2. The molecule has 156 valence electrons. The molecule has 0 aromatic carbocycles. The smallest absolute Gasteiger partial charge is 0.407 e. The molecule has 0 aromatic heterocycles. The average Bonchev–Trinajstić information content (AvgIpc) is 3.26. The predicted molar refractivity (Wildman–Crippen MR) is 105 cm³/mol. The molecule has 1 N–H and O–H groups in total. The molecule has 0 spiro atoms. The second-order valence-electron chi connectivity index (χ2n) is 9.45. The van der Waals surface area contributed by atoms with Gasteiger partial charge >= 0.3 is 6.09 Å². The van der Waals surface area contributed by atoms with E-state index in [1.165, 1.54) is 0 Å². The molecule has 0 unspecified atom stereocenters. The van der Waals surface area contributed by atoms with E-state index in [-0.39, 0.29) is 42.3 Å². The minimum Gasteiger partial charge on any atom is -0.446 e. The largest absolute Gasteiger partial charge is 0.446 e. The summed E-state index contributed by atoms with van der Waals surface area (Å²) in [5, 5.41) is 12.0. The van der Waals surface area contributed by atoms with Crippen LogP contribution in [0, 0.1) is 23.2 Å². The third-order valence-corrected chi connectivity index (χ3v) is 6.50. The predicted octanol–water partition coefficient (Wildman–Crippen LogP) is 3.04. The van der Waals surface area contributed by atoms with Crippen LogP contribution in [0.25, 0.3) is 0 Å². The van der Waals surface area contributed by atoms with Crippen molar-refractivity contribution in [3.05, 3.63) is 0 Å². The van der Waals surface area contributed by atoms with Gasteiger partial charge in [-0.2, -0.15) is 5.26 Å². The van der Waals surface area contributed by atoms with Crippen molar-refractivity contribution < 1.29 is 14.3 Å². The van der Waals surface area contributed by atoms with Gasteiger partial charge in [0.1, 0.15) is 12.1 Å². The number of fused-ring (bicyclic) bond motifs is 1. The zero-order valence-corrected chi connectivity index (χ0v) is 17.7. The SMILES string of the molecule is CC(C)(C)NC(=O)O[C@@H]1C[C@@H]2C[C@H](N(Cl)CC(=O)N3CCC[C@H]3C#N)C[C@@H]2C1. The molecule has 3 fully saturated rings. The number of hydrogen-bond acceptors (Lipinski definition) is 5. The summed E-state index contributed by atoms with van der Waals surface area (Å²) in [5.41, 5.74) is -0.303. The van der Waals surface area contributed by atoms with E-state index < -0.39 is 0 Å². The van der Waals surface area contributed by atoms with Gasteiger partial charge in [0.05, 0.1) is 12.6 Å². The Hall–Kier alpha value is -1.52. The Bertz CT molecular complexity index is 630. The molecule has 2 amide bonds. The van der Waals surface area contributed by atoms with Gasteiger partial charge in [-0.25, -0.2) is 9.21 Å². The summed E-state index contributed by atoms with van der Waals surface area (Å²) in [6.07, 6.45) is 4.81. The topological polar surface area (TPSA) is 85.7 Å². The van der Waals surface area contributed by atoms with Crippen molar-refractivity contribution in [2.45, 2.75) is 83.0 Å². The second kappa shape index (κ2) is 8.46.